The summed E-state index contributed by atoms with van der Waals surface area (Å²) in [4.78, 5) is 21.7. The molecule has 1 amide bonds. The second-order valence-electron chi connectivity index (χ2n) is 3.48. The van der Waals surface area contributed by atoms with Crippen LogP contribution in [0.5, 0.6) is 0 Å². The van der Waals surface area contributed by atoms with Gasteiger partial charge in [-0.05, 0) is 11.6 Å². The van der Waals surface area contributed by atoms with Crippen LogP contribution in [0.3, 0.4) is 0 Å². The van der Waals surface area contributed by atoms with Gasteiger partial charge < -0.3 is 5.32 Å². The van der Waals surface area contributed by atoms with Crippen LogP contribution < -0.4 is 5.32 Å². The molecular formula is C10H5F4NO2. The molecule has 1 aliphatic heterocycles. The molecule has 0 aromatic heterocycles. The first kappa shape index (κ1) is 11.6. The van der Waals surface area contributed by atoms with Gasteiger partial charge in [-0.2, -0.15) is 13.2 Å². The Labute approximate surface area is 92.4 Å². The van der Waals surface area contributed by atoms with Gasteiger partial charge in [0, 0.05) is 6.54 Å². The largest absolute Gasteiger partial charge is 0.416 e. The highest BCUT2D eigenvalue weighted by Crippen LogP contribution is 2.37. The van der Waals surface area contributed by atoms with Crippen molar-refractivity contribution in [3.05, 3.63) is 34.1 Å². The van der Waals surface area contributed by atoms with Crippen molar-refractivity contribution in [1.29, 1.82) is 0 Å². The number of rotatable bonds is 1. The number of alkyl halides is 3. The monoisotopic (exact) mass is 247 g/mol. The number of carbonyl (C=O) groups excluding carboxylic acids is 2. The second-order valence-corrected chi connectivity index (χ2v) is 3.48. The number of fused-ring (bicyclic) bond motifs is 1. The lowest BCUT2D eigenvalue weighted by atomic mass is 9.98. The lowest BCUT2D eigenvalue weighted by Gasteiger charge is -2.12. The average molecular weight is 247 g/mol. The molecule has 0 bridgehead atoms. The van der Waals surface area contributed by atoms with Gasteiger partial charge in [-0.3, -0.25) is 9.59 Å². The molecule has 1 aromatic rings. The summed E-state index contributed by atoms with van der Waals surface area (Å²) < 4.78 is 51.5. The quantitative estimate of drug-likeness (QED) is 0.608. The van der Waals surface area contributed by atoms with Crippen molar-refractivity contribution in [2.24, 2.45) is 0 Å². The lowest BCUT2D eigenvalue weighted by molar-refractivity contribution is -0.138. The molecule has 0 fully saturated rings. The van der Waals surface area contributed by atoms with Crippen LogP contribution in [0.15, 0.2) is 6.07 Å². The van der Waals surface area contributed by atoms with Crippen LogP contribution >= 0.6 is 0 Å². The van der Waals surface area contributed by atoms with E-state index in [-0.39, 0.29) is 12.8 Å². The molecular weight excluding hydrogens is 242 g/mol. The van der Waals surface area contributed by atoms with Crippen molar-refractivity contribution in [3.63, 3.8) is 0 Å². The molecule has 17 heavy (non-hydrogen) atoms. The fraction of sp³-hybridized carbons (Fsp3) is 0.200. The van der Waals surface area contributed by atoms with Crippen molar-refractivity contribution in [2.75, 3.05) is 0 Å². The van der Waals surface area contributed by atoms with Gasteiger partial charge >= 0.3 is 6.18 Å². The molecule has 0 unspecified atom stereocenters. The molecule has 0 aliphatic carbocycles. The van der Waals surface area contributed by atoms with E-state index < -0.39 is 40.2 Å². The van der Waals surface area contributed by atoms with Crippen LogP contribution in [0.4, 0.5) is 17.6 Å². The second kappa shape index (κ2) is 3.54. The topological polar surface area (TPSA) is 46.2 Å². The highest BCUT2D eigenvalue weighted by Gasteiger charge is 2.39. The van der Waals surface area contributed by atoms with E-state index in [1.807, 2.05) is 0 Å². The number of hydrogen-bond donors (Lipinski definition) is 1. The zero-order valence-electron chi connectivity index (χ0n) is 8.19. The Kier molecular flexibility index (Phi) is 2.41. The summed E-state index contributed by atoms with van der Waals surface area (Å²) in [5, 5.41) is 2.09. The van der Waals surface area contributed by atoms with Crippen molar-refractivity contribution >= 4 is 12.2 Å². The standard InChI is InChI=1S/C10H5F4NO2/c11-8-4(3-16)1-6(10(12,13)14)5-2-15-9(17)7(5)8/h1,3H,2H2,(H,15,17). The minimum Gasteiger partial charge on any atom is -0.348 e. The maximum atomic E-state index is 13.5. The first-order valence-electron chi connectivity index (χ1n) is 4.52. The molecule has 1 aromatic carbocycles. The number of benzene rings is 1. The lowest BCUT2D eigenvalue weighted by Crippen LogP contribution is -2.14. The Balaban J connectivity index is 2.80. The van der Waals surface area contributed by atoms with Crippen LogP contribution in [-0.2, 0) is 12.7 Å². The number of aldehydes is 1. The van der Waals surface area contributed by atoms with E-state index in [0.717, 1.165) is 0 Å². The zero-order chi connectivity index (χ0) is 12.8. The van der Waals surface area contributed by atoms with Gasteiger partial charge in [-0.15, -0.1) is 0 Å². The summed E-state index contributed by atoms with van der Waals surface area (Å²) in [6.07, 6.45) is -4.78. The van der Waals surface area contributed by atoms with E-state index in [1.165, 1.54) is 0 Å². The van der Waals surface area contributed by atoms with Crippen LogP contribution in [0, 0.1) is 5.82 Å². The SMILES string of the molecule is O=Cc1cc(C(F)(F)F)c2c(c1F)C(=O)NC2. The summed E-state index contributed by atoms with van der Waals surface area (Å²) in [7, 11) is 0. The molecule has 90 valence electrons. The Morgan fingerprint density at radius 2 is 2.00 bits per heavy atom. The summed E-state index contributed by atoms with van der Waals surface area (Å²) in [6, 6.07) is 0.418. The zero-order valence-corrected chi connectivity index (χ0v) is 8.19. The highest BCUT2D eigenvalue weighted by molar-refractivity contribution is 6.00. The van der Waals surface area contributed by atoms with Crippen molar-refractivity contribution in [3.8, 4) is 0 Å². The van der Waals surface area contributed by atoms with E-state index >= 15 is 0 Å². The molecule has 0 spiro atoms. The smallest absolute Gasteiger partial charge is 0.348 e. The van der Waals surface area contributed by atoms with Crippen molar-refractivity contribution < 1.29 is 27.2 Å². The first-order valence-corrected chi connectivity index (χ1v) is 4.52. The number of halogens is 4. The minimum atomic E-state index is -4.73. The van der Waals surface area contributed by atoms with Gasteiger partial charge in [0.05, 0.1) is 16.7 Å². The maximum absolute atomic E-state index is 13.5. The summed E-state index contributed by atoms with van der Waals surface area (Å²) in [5.74, 6) is -2.15. The molecule has 0 saturated heterocycles. The summed E-state index contributed by atoms with van der Waals surface area (Å²) in [5.41, 5.74) is -3.07. The van der Waals surface area contributed by atoms with Crippen molar-refractivity contribution in [1.82, 2.24) is 5.32 Å². The molecule has 1 heterocycles. The molecule has 1 aliphatic rings. The van der Waals surface area contributed by atoms with E-state index in [2.05, 4.69) is 5.32 Å². The number of hydrogen-bond acceptors (Lipinski definition) is 2. The van der Waals surface area contributed by atoms with Gasteiger partial charge in [0.1, 0.15) is 5.82 Å². The third-order valence-corrected chi connectivity index (χ3v) is 2.48. The first-order chi connectivity index (χ1) is 7.86. The molecule has 3 nitrogen and oxygen atoms in total. The molecule has 0 saturated carbocycles. The van der Waals surface area contributed by atoms with Gasteiger partial charge in [-0.25, -0.2) is 4.39 Å². The molecule has 1 N–H and O–H groups in total. The van der Waals surface area contributed by atoms with E-state index in [4.69, 9.17) is 0 Å². The van der Waals surface area contributed by atoms with Crippen LogP contribution in [-0.4, -0.2) is 12.2 Å². The van der Waals surface area contributed by atoms with Crippen LogP contribution in [0.25, 0.3) is 0 Å². The highest BCUT2D eigenvalue weighted by atomic mass is 19.4. The third-order valence-electron chi connectivity index (χ3n) is 2.48. The molecule has 2 rings (SSSR count). The van der Waals surface area contributed by atoms with E-state index in [1.54, 1.807) is 0 Å². The molecule has 0 atom stereocenters. The Hall–Kier alpha value is -1.92. The van der Waals surface area contributed by atoms with Gasteiger partial charge in [0.25, 0.3) is 5.91 Å². The summed E-state index contributed by atoms with van der Waals surface area (Å²) >= 11 is 0. The number of carbonyl (C=O) groups is 2. The molecule has 0 radical (unpaired) electrons. The third kappa shape index (κ3) is 1.67. The van der Waals surface area contributed by atoms with Crippen LogP contribution in [0.1, 0.15) is 31.8 Å². The van der Waals surface area contributed by atoms with E-state index in [9.17, 15) is 27.2 Å². The number of amides is 1. The fourth-order valence-electron chi connectivity index (χ4n) is 1.73. The molecule has 7 heteroatoms. The van der Waals surface area contributed by atoms with Crippen LogP contribution in [0.2, 0.25) is 0 Å². The van der Waals surface area contributed by atoms with Gasteiger partial charge in [0.2, 0.25) is 0 Å². The Bertz CT molecular complexity index is 522. The maximum Gasteiger partial charge on any atom is 0.416 e. The minimum absolute atomic E-state index is 0.0452. The summed E-state index contributed by atoms with van der Waals surface area (Å²) in [6.45, 7) is -0.390. The average Bonchev–Trinajstić information content (AvgIpc) is 2.60. The normalized spacial score (nSPS) is 14.5. The predicted molar refractivity (Wildman–Crippen MR) is 48.0 cm³/mol. The number of nitrogens with one attached hydrogen (secondary N) is 1. The Morgan fingerprint density at radius 3 is 2.53 bits per heavy atom. The van der Waals surface area contributed by atoms with Gasteiger partial charge in [-0.1, -0.05) is 0 Å². The predicted octanol–water partition coefficient (Wildman–Crippen LogP) is 1.90. The Morgan fingerprint density at radius 1 is 1.35 bits per heavy atom. The van der Waals surface area contributed by atoms with Gasteiger partial charge in [0.15, 0.2) is 6.29 Å². The fourth-order valence-corrected chi connectivity index (χ4v) is 1.73. The van der Waals surface area contributed by atoms with Crippen molar-refractivity contribution in [2.45, 2.75) is 12.7 Å². The van der Waals surface area contributed by atoms with E-state index in [0.29, 0.717) is 6.07 Å².